The van der Waals surface area contributed by atoms with E-state index in [0.29, 0.717) is 19.2 Å². The smallest absolute Gasteiger partial charge is 0.134 e. The third-order valence-electron chi connectivity index (χ3n) is 3.31. The largest absolute Gasteiger partial charge is 0.486 e. The number of halogens is 1. The monoisotopic (exact) mass is 337 g/mol. The summed E-state index contributed by atoms with van der Waals surface area (Å²) in [6.45, 7) is 5.29. The van der Waals surface area contributed by atoms with E-state index in [9.17, 15) is 0 Å². The molecule has 0 saturated heterocycles. The van der Waals surface area contributed by atoms with Crippen molar-refractivity contribution < 1.29 is 4.74 Å². The first-order valence-corrected chi connectivity index (χ1v) is 7.58. The second kappa shape index (κ2) is 6.90. The molecule has 2 N–H and O–H groups in total. The van der Waals surface area contributed by atoms with Crippen LogP contribution in [0.25, 0.3) is 0 Å². The number of nitrogens with two attached hydrogens (primary N) is 1. The molecule has 0 radical (unpaired) electrons. The van der Waals surface area contributed by atoms with Crippen LogP contribution in [0.2, 0.25) is 0 Å². The maximum absolute atomic E-state index is 5.79. The molecule has 0 fully saturated rings. The molecule has 0 aliphatic heterocycles. The number of ether oxygens (including phenoxy) is 1. The number of rotatable bonds is 6. The van der Waals surface area contributed by atoms with Gasteiger partial charge in [-0.2, -0.15) is 5.10 Å². The molecule has 0 aliphatic rings. The molecule has 1 atom stereocenters. The third kappa shape index (κ3) is 3.61. The zero-order valence-electron chi connectivity index (χ0n) is 11.8. The van der Waals surface area contributed by atoms with E-state index in [1.165, 1.54) is 0 Å². The molecule has 5 heteroatoms. The lowest BCUT2D eigenvalue weighted by molar-refractivity contribution is 0.296. The number of hydrogen-bond acceptors (Lipinski definition) is 3. The van der Waals surface area contributed by atoms with Gasteiger partial charge in [0.05, 0.1) is 10.2 Å². The highest BCUT2D eigenvalue weighted by atomic mass is 79.9. The Balaban J connectivity index is 2.00. The molecule has 4 nitrogen and oxygen atoms in total. The van der Waals surface area contributed by atoms with E-state index < -0.39 is 0 Å². The zero-order chi connectivity index (χ0) is 14.5. The molecule has 20 heavy (non-hydrogen) atoms. The second-order valence-electron chi connectivity index (χ2n) is 4.80. The average Bonchev–Trinajstić information content (AvgIpc) is 2.94. The number of aromatic nitrogens is 2. The van der Waals surface area contributed by atoms with E-state index >= 15 is 0 Å². The zero-order valence-corrected chi connectivity index (χ0v) is 13.4. The standard InChI is InChI=1S/C15H20BrN3O/c1-3-11(2)19-7-6-13(18-19)10-20-15-5-4-12(9-17)8-14(15)16/h4-8,11H,3,9-10,17H2,1-2H3. The fourth-order valence-corrected chi connectivity index (χ4v) is 2.37. The van der Waals surface area contributed by atoms with Gasteiger partial charge in [0.15, 0.2) is 0 Å². The Bertz CT molecular complexity index is 568. The van der Waals surface area contributed by atoms with Crippen molar-refractivity contribution in [2.45, 2.75) is 39.5 Å². The molecule has 0 aliphatic carbocycles. The van der Waals surface area contributed by atoms with Gasteiger partial charge in [-0.3, -0.25) is 4.68 Å². The summed E-state index contributed by atoms with van der Waals surface area (Å²) in [6.07, 6.45) is 3.06. The van der Waals surface area contributed by atoms with Crippen LogP contribution in [0.15, 0.2) is 34.9 Å². The number of hydrogen-bond donors (Lipinski definition) is 1. The van der Waals surface area contributed by atoms with Crippen molar-refractivity contribution >= 4 is 15.9 Å². The van der Waals surface area contributed by atoms with Crippen molar-refractivity contribution in [2.75, 3.05) is 0 Å². The highest BCUT2D eigenvalue weighted by molar-refractivity contribution is 9.10. The predicted molar refractivity (Wildman–Crippen MR) is 83.6 cm³/mol. The molecule has 108 valence electrons. The first-order chi connectivity index (χ1) is 9.63. The second-order valence-corrected chi connectivity index (χ2v) is 5.66. The molecule has 0 bridgehead atoms. The molecule has 1 aromatic carbocycles. The van der Waals surface area contributed by atoms with Crippen molar-refractivity contribution in [2.24, 2.45) is 5.73 Å². The van der Waals surface area contributed by atoms with Crippen LogP contribution in [0.5, 0.6) is 5.75 Å². The number of benzene rings is 1. The van der Waals surface area contributed by atoms with Gasteiger partial charge in [0.1, 0.15) is 12.4 Å². The van der Waals surface area contributed by atoms with Gasteiger partial charge in [0.2, 0.25) is 0 Å². The van der Waals surface area contributed by atoms with Crippen LogP contribution in [-0.4, -0.2) is 9.78 Å². The van der Waals surface area contributed by atoms with E-state index in [1.807, 2.05) is 35.1 Å². The summed E-state index contributed by atoms with van der Waals surface area (Å²) in [5.41, 5.74) is 7.61. The molecule has 1 aromatic heterocycles. The van der Waals surface area contributed by atoms with Crippen molar-refractivity contribution in [1.29, 1.82) is 0 Å². The molecule has 0 amide bonds. The van der Waals surface area contributed by atoms with E-state index in [2.05, 4.69) is 34.9 Å². The van der Waals surface area contributed by atoms with E-state index in [1.54, 1.807) is 0 Å². The molecular weight excluding hydrogens is 318 g/mol. The Kier molecular flexibility index (Phi) is 5.20. The van der Waals surface area contributed by atoms with Gasteiger partial charge >= 0.3 is 0 Å². The van der Waals surface area contributed by atoms with Gasteiger partial charge in [-0.1, -0.05) is 13.0 Å². The minimum atomic E-state index is 0.416. The van der Waals surface area contributed by atoms with Crippen molar-refractivity contribution in [3.8, 4) is 5.75 Å². The number of nitrogens with zero attached hydrogens (tertiary/aromatic N) is 2. The summed E-state index contributed by atoms with van der Waals surface area (Å²) in [6, 6.07) is 8.29. The van der Waals surface area contributed by atoms with Crippen LogP contribution in [0.4, 0.5) is 0 Å². The molecule has 1 heterocycles. The molecule has 2 aromatic rings. The lowest BCUT2D eigenvalue weighted by Crippen LogP contribution is -2.06. The summed E-state index contributed by atoms with van der Waals surface area (Å²) >= 11 is 3.49. The van der Waals surface area contributed by atoms with E-state index in [4.69, 9.17) is 10.5 Å². The lowest BCUT2D eigenvalue weighted by Gasteiger charge is -2.09. The summed E-state index contributed by atoms with van der Waals surface area (Å²) < 4.78 is 8.68. The van der Waals surface area contributed by atoms with Crippen LogP contribution in [-0.2, 0) is 13.2 Å². The van der Waals surface area contributed by atoms with Gasteiger partial charge in [0, 0.05) is 18.8 Å². The predicted octanol–water partition coefficient (Wildman–Crippen LogP) is 3.65. The maximum Gasteiger partial charge on any atom is 0.134 e. The molecule has 2 rings (SSSR count). The average molecular weight is 338 g/mol. The Labute approximate surface area is 128 Å². The third-order valence-corrected chi connectivity index (χ3v) is 3.93. The molecular formula is C15H20BrN3O. The summed E-state index contributed by atoms with van der Waals surface area (Å²) in [7, 11) is 0. The normalized spacial score (nSPS) is 12.4. The van der Waals surface area contributed by atoms with Crippen LogP contribution in [0, 0.1) is 0 Å². The SMILES string of the molecule is CCC(C)n1ccc(COc2ccc(CN)cc2Br)n1. The minimum absolute atomic E-state index is 0.416. The highest BCUT2D eigenvalue weighted by Crippen LogP contribution is 2.26. The van der Waals surface area contributed by atoms with Gasteiger partial charge in [-0.05, 0) is 53.0 Å². The topological polar surface area (TPSA) is 53.1 Å². The quantitative estimate of drug-likeness (QED) is 0.875. The van der Waals surface area contributed by atoms with Crippen molar-refractivity contribution in [3.63, 3.8) is 0 Å². The maximum atomic E-state index is 5.79. The Hall–Kier alpha value is -1.33. The minimum Gasteiger partial charge on any atom is -0.486 e. The van der Waals surface area contributed by atoms with Gasteiger partial charge in [0.25, 0.3) is 0 Å². The van der Waals surface area contributed by atoms with Crippen LogP contribution < -0.4 is 10.5 Å². The van der Waals surface area contributed by atoms with E-state index in [-0.39, 0.29) is 0 Å². The summed E-state index contributed by atoms with van der Waals surface area (Å²) in [5, 5.41) is 4.52. The highest BCUT2D eigenvalue weighted by Gasteiger charge is 2.07. The first kappa shape index (κ1) is 15.1. The molecule has 0 saturated carbocycles. The van der Waals surface area contributed by atoms with Gasteiger partial charge in [-0.15, -0.1) is 0 Å². The van der Waals surface area contributed by atoms with Crippen molar-refractivity contribution in [1.82, 2.24) is 9.78 Å². The lowest BCUT2D eigenvalue weighted by atomic mass is 10.2. The molecule has 0 spiro atoms. The summed E-state index contributed by atoms with van der Waals surface area (Å²) in [4.78, 5) is 0. The Morgan fingerprint density at radius 2 is 2.20 bits per heavy atom. The van der Waals surface area contributed by atoms with Crippen LogP contribution in [0.1, 0.15) is 37.6 Å². The van der Waals surface area contributed by atoms with Crippen molar-refractivity contribution in [3.05, 3.63) is 46.2 Å². The van der Waals surface area contributed by atoms with Crippen LogP contribution in [0.3, 0.4) is 0 Å². The summed E-state index contributed by atoms with van der Waals surface area (Å²) in [5.74, 6) is 0.806. The van der Waals surface area contributed by atoms with E-state index in [0.717, 1.165) is 27.9 Å². The van der Waals surface area contributed by atoms with Gasteiger partial charge < -0.3 is 10.5 Å². The Morgan fingerprint density at radius 3 is 2.85 bits per heavy atom. The Morgan fingerprint density at radius 1 is 1.40 bits per heavy atom. The fraction of sp³-hybridized carbons (Fsp3) is 0.400. The van der Waals surface area contributed by atoms with Gasteiger partial charge in [-0.25, -0.2) is 0 Å². The van der Waals surface area contributed by atoms with Crippen LogP contribution >= 0.6 is 15.9 Å². The fourth-order valence-electron chi connectivity index (χ4n) is 1.83. The molecule has 1 unspecified atom stereocenters. The first-order valence-electron chi connectivity index (χ1n) is 6.79.